The number of hydrogen-bond acceptors (Lipinski definition) is 9. The van der Waals surface area contributed by atoms with Crippen molar-refractivity contribution in [1.82, 2.24) is 19.9 Å². The van der Waals surface area contributed by atoms with Gasteiger partial charge in [-0.25, -0.2) is 14.4 Å². The molecule has 186 valence electrons. The molecule has 0 spiro atoms. The van der Waals surface area contributed by atoms with Crippen molar-refractivity contribution in [2.45, 2.75) is 25.4 Å². The van der Waals surface area contributed by atoms with Crippen LogP contribution >= 0.6 is 0 Å². The summed E-state index contributed by atoms with van der Waals surface area (Å²) in [5, 5.41) is 16.8. The lowest BCUT2D eigenvalue weighted by Crippen LogP contribution is -2.42. The average Bonchev–Trinajstić information content (AvgIpc) is 2.86. The lowest BCUT2D eigenvalue weighted by atomic mass is 9.94. The van der Waals surface area contributed by atoms with Crippen LogP contribution in [0.2, 0.25) is 0 Å². The number of hydrogen-bond donors (Lipinski definition) is 4. The summed E-state index contributed by atoms with van der Waals surface area (Å²) in [5.41, 5.74) is -0.126. The van der Waals surface area contributed by atoms with Crippen LogP contribution in [0.25, 0.3) is 10.9 Å². The highest BCUT2D eigenvalue weighted by molar-refractivity contribution is 5.82. The molecular formula is C25H26FN7O3. The Morgan fingerprint density at radius 3 is 2.75 bits per heavy atom. The van der Waals surface area contributed by atoms with Crippen molar-refractivity contribution in [2.75, 3.05) is 35.7 Å². The standard InChI is InChI=1S/C25H26FN7O3/c1-25(35)7-10-33(11-8-25)22-19(36-2)13-16(14-28-22)29-24-27-9-6-20(31-24)30-18-12-15-4-3-5-17(26)21(15)32-23(18)34/h3-6,9,12-14,35H,7-8,10-11H2,1-2H3,(H,32,34)(H2,27,29,30,31). The Labute approximate surface area is 206 Å². The predicted octanol–water partition coefficient (Wildman–Crippen LogP) is 3.70. The van der Waals surface area contributed by atoms with Gasteiger partial charge in [-0.05, 0) is 38.0 Å². The fraction of sp³-hybridized carbons (Fsp3) is 0.280. The van der Waals surface area contributed by atoms with Gasteiger partial charge in [-0.3, -0.25) is 4.79 Å². The van der Waals surface area contributed by atoms with Crippen LogP contribution in [0.1, 0.15) is 19.8 Å². The Hall–Kier alpha value is -4.25. The molecule has 1 aromatic carbocycles. The minimum absolute atomic E-state index is 0.151. The topological polar surface area (TPSA) is 128 Å². The fourth-order valence-electron chi connectivity index (χ4n) is 4.14. The van der Waals surface area contributed by atoms with E-state index in [0.717, 1.165) is 0 Å². The number of nitrogens with zero attached hydrogens (tertiary/aromatic N) is 4. The molecule has 10 nitrogen and oxygen atoms in total. The highest BCUT2D eigenvalue weighted by Crippen LogP contribution is 2.33. The van der Waals surface area contributed by atoms with Crippen LogP contribution in [0.5, 0.6) is 5.75 Å². The molecule has 4 aromatic rings. The Morgan fingerprint density at radius 1 is 1.17 bits per heavy atom. The van der Waals surface area contributed by atoms with E-state index in [-0.39, 0.29) is 17.2 Å². The Morgan fingerprint density at radius 2 is 1.97 bits per heavy atom. The number of nitrogens with one attached hydrogen (secondary N) is 3. The predicted molar refractivity (Wildman–Crippen MR) is 136 cm³/mol. The van der Waals surface area contributed by atoms with Crippen LogP contribution in [-0.2, 0) is 0 Å². The van der Waals surface area contributed by atoms with Gasteiger partial charge in [0.2, 0.25) is 5.95 Å². The summed E-state index contributed by atoms with van der Waals surface area (Å²) in [6.07, 6.45) is 4.52. The number of para-hydroxylation sites is 1. The number of benzene rings is 1. The molecule has 0 saturated carbocycles. The molecular weight excluding hydrogens is 465 g/mol. The van der Waals surface area contributed by atoms with Crippen LogP contribution in [0, 0.1) is 5.82 Å². The van der Waals surface area contributed by atoms with Gasteiger partial charge in [-0.2, -0.15) is 4.98 Å². The van der Waals surface area contributed by atoms with Crippen molar-refractivity contribution in [1.29, 1.82) is 0 Å². The second-order valence-electron chi connectivity index (χ2n) is 8.97. The van der Waals surface area contributed by atoms with Gasteiger partial charge in [0, 0.05) is 30.7 Å². The van der Waals surface area contributed by atoms with Crippen molar-refractivity contribution in [3.8, 4) is 5.75 Å². The van der Waals surface area contributed by atoms with Gasteiger partial charge in [0.15, 0.2) is 11.6 Å². The number of aliphatic hydroxyl groups is 1. The summed E-state index contributed by atoms with van der Waals surface area (Å²) in [5.74, 6) is 1.47. The largest absolute Gasteiger partial charge is 0.493 e. The minimum atomic E-state index is -0.657. The number of ether oxygens (including phenoxy) is 1. The quantitative estimate of drug-likeness (QED) is 0.319. The van der Waals surface area contributed by atoms with Crippen molar-refractivity contribution >= 4 is 39.9 Å². The molecule has 36 heavy (non-hydrogen) atoms. The van der Waals surface area contributed by atoms with Crippen LogP contribution in [-0.4, -0.2) is 50.8 Å². The van der Waals surface area contributed by atoms with E-state index in [1.165, 1.54) is 6.07 Å². The molecule has 0 unspecified atom stereocenters. The Balaban J connectivity index is 1.34. The molecule has 11 heteroatoms. The summed E-state index contributed by atoms with van der Waals surface area (Å²) in [6.45, 7) is 3.21. The van der Waals surface area contributed by atoms with Crippen molar-refractivity contribution in [2.24, 2.45) is 0 Å². The van der Waals surface area contributed by atoms with Crippen LogP contribution in [0.4, 0.5) is 33.3 Å². The minimum Gasteiger partial charge on any atom is -0.493 e. The molecule has 1 saturated heterocycles. The molecule has 0 atom stereocenters. The SMILES string of the molecule is COc1cc(Nc2nccc(Nc3cc4cccc(F)c4[nH]c3=O)n2)cnc1N1CCC(C)(O)CC1. The number of halogens is 1. The molecule has 1 aliphatic heterocycles. The zero-order valence-electron chi connectivity index (χ0n) is 19.9. The van der Waals surface area contributed by atoms with E-state index in [2.05, 4.69) is 35.5 Å². The molecule has 4 N–H and O–H groups in total. The van der Waals surface area contributed by atoms with Gasteiger partial charge in [-0.15, -0.1) is 0 Å². The molecule has 0 aliphatic carbocycles. The number of aromatic amines is 1. The van der Waals surface area contributed by atoms with E-state index >= 15 is 0 Å². The second-order valence-corrected chi connectivity index (χ2v) is 8.97. The summed E-state index contributed by atoms with van der Waals surface area (Å²) in [6, 6.07) is 9.58. The van der Waals surface area contributed by atoms with E-state index < -0.39 is 17.0 Å². The van der Waals surface area contributed by atoms with Gasteiger partial charge in [0.25, 0.3) is 5.56 Å². The number of aromatic nitrogens is 4. The summed E-state index contributed by atoms with van der Waals surface area (Å²) >= 11 is 0. The maximum absolute atomic E-state index is 14.0. The van der Waals surface area contributed by atoms with Crippen molar-refractivity contribution in [3.63, 3.8) is 0 Å². The van der Waals surface area contributed by atoms with Crippen LogP contribution < -0.4 is 25.8 Å². The van der Waals surface area contributed by atoms with Crippen LogP contribution in [0.3, 0.4) is 0 Å². The lowest BCUT2D eigenvalue weighted by molar-refractivity contribution is 0.0349. The van der Waals surface area contributed by atoms with Gasteiger partial charge in [-0.1, -0.05) is 12.1 Å². The highest BCUT2D eigenvalue weighted by Gasteiger charge is 2.29. The number of piperidine rings is 1. The van der Waals surface area contributed by atoms with Gasteiger partial charge >= 0.3 is 0 Å². The van der Waals surface area contributed by atoms with E-state index in [0.29, 0.717) is 54.4 Å². The smallest absolute Gasteiger partial charge is 0.272 e. The zero-order chi connectivity index (χ0) is 25.3. The maximum atomic E-state index is 14.0. The lowest BCUT2D eigenvalue weighted by Gasteiger charge is -2.36. The number of fused-ring (bicyclic) bond motifs is 1. The molecule has 0 amide bonds. The Kier molecular flexibility index (Phi) is 6.15. The fourth-order valence-corrected chi connectivity index (χ4v) is 4.14. The summed E-state index contributed by atoms with van der Waals surface area (Å²) < 4.78 is 19.5. The normalized spacial score (nSPS) is 15.1. The number of pyridine rings is 2. The van der Waals surface area contributed by atoms with Gasteiger partial charge in [0.1, 0.15) is 17.3 Å². The summed E-state index contributed by atoms with van der Waals surface area (Å²) in [7, 11) is 1.58. The molecule has 1 aliphatic rings. The van der Waals surface area contributed by atoms with E-state index in [9.17, 15) is 14.3 Å². The number of H-pyrrole nitrogens is 1. The molecule has 5 rings (SSSR count). The van der Waals surface area contributed by atoms with Crippen LogP contribution in [0.15, 0.2) is 53.6 Å². The average molecular weight is 492 g/mol. The van der Waals surface area contributed by atoms with Gasteiger partial charge < -0.3 is 30.4 Å². The maximum Gasteiger partial charge on any atom is 0.272 e. The van der Waals surface area contributed by atoms with E-state index in [1.807, 2.05) is 6.92 Å². The molecule has 4 heterocycles. The monoisotopic (exact) mass is 491 g/mol. The van der Waals surface area contributed by atoms with E-state index in [1.54, 1.807) is 49.8 Å². The molecule has 0 bridgehead atoms. The van der Waals surface area contributed by atoms with Crippen molar-refractivity contribution < 1.29 is 14.2 Å². The first-order chi connectivity index (χ1) is 17.3. The summed E-state index contributed by atoms with van der Waals surface area (Å²) in [4.78, 5) is 30.3. The zero-order valence-corrected chi connectivity index (χ0v) is 19.9. The third-order valence-corrected chi connectivity index (χ3v) is 6.20. The number of anilines is 5. The molecule has 3 aromatic heterocycles. The first-order valence-corrected chi connectivity index (χ1v) is 11.5. The highest BCUT2D eigenvalue weighted by atomic mass is 19.1. The Bertz CT molecular complexity index is 1460. The number of methoxy groups -OCH3 is 1. The third kappa shape index (κ3) is 4.91. The number of rotatable bonds is 6. The van der Waals surface area contributed by atoms with Crippen molar-refractivity contribution in [3.05, 3.63) is 65.0 Å². The van der Waals surface area contributed by atoms with E-state index in [4.69, 9.17) is 4.74 Å². The second kappa shape index (κ2) is 9.42. The van der Waals surface area contributed by atoms with Gasteiger partial charge in [0.05, 0.1) is 30.1 Å². The first-order valence-electron chi connectivity index (χ1n) is 11.5. The first kappa shape index (κ1) is 23.5. The molecule has 1 fully saturated rings. The molecule has 0 radical (unpaired) electrons. The third-order valence-electron chi connectivity index (χ3n) is 6.20.